The van der Waals surface area contributed by atoms with Gasteiger partial charge >= 0.3 is 6.18 Å². The molecular formula is C32H32F3N7O3. The van der Waals surface area contributed by atoms with Gasteiger partial charge in [0.15, 0.2) is 5.92 Å². The number of hydrogen-bond donors (Lipinski definition) is 2. The molecule has 0 saturated carbocycles. The molecule has 13 heteroatoms. The summed E-state index contributed by atoms with van der Waals surface area (Å²) in [5, 5.41) is 8.96. The minimum absolute atomic E-state index is 0.00708. The highest BCUT2D eigenvalue weighted by atomic mass is 19.4. The summed E-state index contributed by atoms with van der Waals surface area (Å²) < 4.78 is 47.1. The van der Waals surface area contributed by atoms with Crippen molar-refractivity contribution in [3.05, 3.63) is 88.6 Å². The quantitative estimate of drug-likeness (QED) is 0.415. The summed E-state index contributed by atoms with van der Waals surface area (Å²) in [4.78, 5) is 35.1. The van der Waals surface area contributed by atoms with Gasteiger partial charge in [-0.25, -0.2) is 10.4 Å². The summed E-state index contributed by atoms with van der Waals surface area (Å²) in [5.74, 6) is -1.81. The van der Waals surface area contributed by atoms with Gasteiger partial charge in [0.05, 0.1) is 12.2 Å². The van der Waals surface area contributed by atoms with Crippen LogP contribution in [0.25, 0.3) is 0 Å². The molecule has 0 bridgehead atoms. The molecule has 2 saturated heterocycles. The van der Waals surface area contributed by atoms with Crippen molar-refractivity contribution in [1.82, 2.24) is 25.6 Å². The number of rotatable bonds is 7. The topological polar surface area (TPSA) is 114 Å². The summed E-state index contributed by atoms with van der Waals surface area (Å²) in [5.41, 5.74) is 8.72. The van der Waals surface area contributed by atoms with Crippen LogP contribution >= 0.6 is 0 Å². The number of hydrazine groups is 1. The fraction of sp³-hybridized carbons (Fsp3) is 0.375. The van der Waals surface area contributed by atoms with Gasteiger partial charge in [-0.2, -0.15) is 18.4 Å². The van der Waals surface area contributed by atoms with Crippen molar-refractivity contribution in [2.75, 3.05) is 44.2 Å². The molecule has 3 aliphatic heterocycles. The predicted octanol–water partition coefficient (Wildman–Crippen LogP) is 3.03. The van der Waals surface area contributed by atoms with E-state index < -0.39 is 24.0 Å². The standard InChI is InChI=1S/C32H32F3N7O3/c33-32(34,35)29-27(18-38-39-30(29)43)42-19-24-3-1-2-22(26(24)20-42)10-15-45-25-7-5-23(6-8-25)31(44)41-13-11-40(12-14-41)28-9-4-21(16-36)17-37-28/h1-9,17,27,29,38H,10-15,18-20H2,(H,39,43). The minimum Gasteiger partial charge on any atom is -0.493 e. The number of carbonyl (C=O) groups excluding carboxylic acids is 2. The van der Waals surface area contributed by atoms with E-state index in [2.05, 4.69) is 26.8 Å². The van der Waals surface area contributed by atoms with Crippen LogP contribution in [0.3, 0.4) is 0 Å². The minimum atomic E-state index is -4.64. The van der Waals surface area contributed by atoms with Crippen molar-refractivity contribution >= 4 is 17.6 Å². The molecule has 4 heterocycles. The Morgan fingerprint density at radius 3 is 2.51 bits per heavy atom. The zero-order chi connectivity index (χ0) is 31.6. The van der Waals surface area contributed by atoms with Gasteiger partial charge < -0.3 is 14.5 Å². The van der Waals surface area contributed by atoms with Gasteiger partial charge in [0.2, 0.25) is 5.91 Å². The van der Waals surface area contributed by atoms with Crippen LogP contribution in [0.5, 0.6) is 5.75 Å². The second-order valence-corrected chi connectivity index (χ2v) is 11.3. The van der Waals surface area contributed by atoms with Crippen LogP contribution in [0.15, 0.2) is 60.8 Å². The summed E-state index contributed by atoms with van der Waals surface area (Å²) in [7, 11) is 0. The molecule has 0 aliphatic carbocycles. The summed E-state index contributed by atoms with van der Waals surface area (Å²) in [6.45, 7) is 3.42. The molecule has 45 heavy (non-hydrogen) atoms. The lowest BCUT2D eigenvalue weighted by atomic mass is 9.95. The van der Waals surface area contributed by atoms with Crippen LogP contribution in [-0.4, -0.2) is 78.1 Å². The van der Waals surface area contributed by atoms with E-state index >= 15 is 0 Å². The second kappa shape index (κ2) is 12.7. The zero-order valence-electron chi connectivity index (χ0n) is 24.4. The van der Waals surface area contributed by atoms with Gasteiger partial charge in [0.25, 0.3) is 5.91 Å². The van der Waals surface area contributed by atoms with E-state index in [0.717, 1.165) is 22.5 Å². The lowest BCUT2D eigenvalue weighted by Crippen LogP contribution is -2.63. The largest absolute Gasteiger partial charge is 0.493 e. The van der Waals surface area contributed by atoms with Crippen molar-refractivity contribution in [3.63, 3.8) is 0 Å². The first kappa shape index (κ1) is 30.4. The molecule has 2 aromatic carbocycles. The molecule has 2 N–H and O–H groups in total. The van der Waals surface area contributed by atoms with Crippen molar-refractivity contribution in [2.24, 2.45) is 5.92 Å². The first-order chi connectivity index (χ1) is 21.7. The number of alkyl halides is 3. The van der Waals surface area contributed by atoms with Gasteiger partial charge in [0.1, 0.15) is 17.6 Å². The summed E-state index contributed by atoms with van der Waals surface area (Å²) in [6, 6.07) is 17.4. The van der Waals surface area contributed by atoms with Gasteiger partial charge in [-0.3, -0.25) is 19.9 Å². The third-order valence-corrected chi connectivity index (χ3v) is 8.63. The molecule has 0 radical (unpaired) electrons. The van der Waals surface area contributed by atoms with Crippen LogP contribution in [-0.2, 0) is 24.3 Å². The molecule has 234 valence electrons. The molecule has 1 aromatic heterocycles. The van der Waals surface area contributed by atoms with E-state index in [-0.39, 0.29) is 12.5 Å². The number of hydrogen-bond acceptors (Lipinski definition) is 8. The van der Waals surface area contributed by atoms with E-state index in [9.17, 15) is 22.8 Å². The Bertz CT molecular complexity index is 1580. The third-order valence-electron chi connectivity index (χ3n) is 8.63. The average Bonchev–Trinajstić information content (AvgIpc) is 3.50. The number of anilines is 1. The number of nitrogens with one attached hydrogen (secondary N) is 2. The monoisotopic (exact) mass is 619 g/mol. The molecule has 2 unspecified atom stereocenters. The molecule has 2 amide bonds. The Hall–Kier alpha value is -4.67. The van der Waals surface area contributed by atoms with Crippen molar-refractivity contribution in [2.45, 2.75) is 31.7 Å². The fourth-order valence-electron chi connectivity index (χ4n) is 6.24. The number of nitrogens with zero attached hydrogens (tertiary/aromatic N) is 5. The number of nitriles is 1. The average molecular weight is 620 g/mol. The van der Waals surface area contributed by atoms with Gasteiger partial charge in [-0.15, -0.1) is 0 Å². The van der Waals surface area contributed by atoms with Gasteiger partial charge in [-0.05, 0) is 53.1 Å². The highest BCUT2D eigenvalue weighted by Crippen LogP contribution is 2.37. The number of carbonyl (C=O) groups is 2. The van der Waals surface area contributed by atoms with Gasteiger partial charge in [-0.1, -0.05) is 18.2 Å². The smallest absolute Gasteiger partial charge is 0.402 e. The molecule has 3 aliphatic rings. The predicted molar refractivity (Wildman–Crippen MR) is 158 cm³/mol. The van der Waals surface area contributed by atoms with E-state index in [0.29, 0.717) is 69.2 Å². The van der Waals surface area contributed by atoms with Gasteiger partial charge in [0, 0.05) is 70.0 Å². The maximum atomic E-state index is 13.7. The normalized spacial score (nSPS) is 20.4. The van der Waals surface area contributed by atoms with Crippen LogP contribution in [0.1, 0.15) is 32.6 Å². The van der Waals surface area contributed by atoms with Crippen molar-refractivity contribution in [3.8, 4) is 11.8 Å². The Balaban J connectivity index is 1.01. The van der Waals surface area contributed by atoms with E-state index in [1.165, 1.54) is 0 Å². The fourth-order valence-corrected chi connectivity index (χ4v) is 6.24. The molecule has 2 fully saturated rings. The number of piperazine rings is 1. The first-order valence-corrected chi connectivity index (χ1v) is 14.8. The zero-order valence-corrected chi connectivity index (χ0v) is 24.4. The van der Waals surface area contributed by atoms with Crippen LogP contribution in [0.2, 0.25) is 0 Å². The number of amides is 2. The molecule has 10 nitrogen and oxygen atoms in total. The molecule has 3 aromatic rings. The highest BCUT2D eigenvalue weighted by molar-refractivity contribution is 5.94. The second-order valence-electron chi connectivity index (χ2n) is 11.3. The molecule has 2 atom stereocenters. The highest BCUT2D eigenvalue weighted by Gasteiger charge is 2.53. The Morgan fingerprint density at radius 2 is 1.82 bits per heavy atom. The lowest BCUT2D eigenvalue weighted by molar-refractivity contribution is -0.201. The van der Waals surface area contributed by atoms with Crippen LogP contribution in [0, 0.1) is 17.2 Å². The number of aromatic nitrogens is 1. The van der Waals surface area contributed by atoms with Crippen molar-refractivity contribution < 1.29 is 27.5 Å². The molecular weight excluding hydrogens is 587 g/mol. The summed E-state index contributed by atoms with van der Waals surface area (Å²) in [6.07, 6.45) is -2.53. The first-order valence-electron chi connectivity index (χ1n) is 14.8. The SMILES string of the molecule is N#Cc1ccc(N2CCN(C(=O)c3ccc(OCCc4cccc5c4CN(C4CNNC(=O)C4C(F)(F)F)C5)cc3)CC2)nc1. The number of benzene rings is 2. The van der Waals surface area contributed by atoms with E-state index in [4.69, 9.17) is 10.00 Å². The number of ether oxygens (including phenoxy) is 1. The Labute approximate surface area is 258 Å². The third kappa shape index (κ3) is 6.57. The molecule has 6 rings (SSSR count). The Morgan fingerprint density at radius 1 is 1.04 bits per heavy atom. The lowest BCUT2D eigenvalue weighted by Gasteiger charge is -2.38. The molecule has 0 spiro atoms. The van der Waals surface area contributed by atoms with E-state index in [1.807, 2.05) is 29.2 Å². The summed E-state index contributed by atoms with van der Waals surface area (Å²) >= 11 is 0. The van der Waals surface area contributed by atoms with Crippen molar-refractivity contribution in [1.29, 1.82) is 5.26 Å². The number of fused-ring (bicyclic) bond motifs is 1. The number of halogens is 3. The number of pyridine rings is 1. The van der Waals surface area contributed by atoms with Crippen LogP contribution in [0.4, 0.5) is 19.0 Å². The van der Waals surface area contributed by atoms with E-state index in [1.54, 1.807) is 41.4 Å². The maximum Gasteiger partial charge on any atom is 0.402 e. The maximum absolute atomic E-state index is 13.7. The Kier molecular flexibility index (Phi) is 8.60. The van der Waals surface area contributed by atoms with Crippen LogP contribution < -0.4 is 20.5 Å².